The molecule has 3 aromatic rings. The number of piperidine rings is 1. The molecule has 198 valence electrons. The maximum atomic E-state index is 13.9. The lowest BCUT2D eigenvalue weighted by Crippen LogP contribution is -2.52. The summed E-state index contributed by atoms with van der Waals surface area (Å²) in [6, 6.07) is 21.9. The van der Waals surface area contributed by atoms with Crippen LogP contribution in [0.1, 0.15) is 37.8 Å². The molecule has 1 fully saturated rings. The third kappa shape index (κ3) is 6.02. The summed E-state index contributed by atoms with van der Waals surface area (Å²) in [7, 11) is 3.24. The van der Waals surface area contributed by atoms with Gasteiger partial charge in [0.1, 0.15) is 0 Å². The Morgan fingerprint density at radius 3 is 1.74 bits per heavy atom. The number of likely N-dealkylation sites (N-methyl/N-ethyl adjacent to an activating group) is 1. The fourth-order valence-electron chi connectivity index (χ4n) is 5.11. The standard InChI is InChI=1S/C30H29F3N2O3/c1-34(2)26(36)19-35-17-24(28(37)20-10-5-3-6-11-20)27(22-14-9-15-23(16-22)30(31,32)33)25(18-35)29(38)21-12-7-4-8-13-21/h3-16,24-25,27H,17-19H2,1-2H3. The topological polar surface area (TPSA) is 57.7 Å². The minimum absolute atomic E-state index is 0.0144. The van der Waals surface area contributed by atoms with Gasteiger partial charge in [-0.15, -0.1) is 0 Å². The molecule has 4 rings (SSSR count). The van der Waals surface area contributed by atoms with Gasteiger partial charge in [0.15, 0.2) is 11.6 Å². The van der Waals surface area contributed by atoms with Crippen LogP contribution < -0.4 is 0 Å². The van der Waals surface area contributed by atoms with Gasteiger partial charge in [-0.05, 0) is 11.6 Å². The van der Waals surface area contributed by atoms with E-state index >= 15 is 0 Å². The number of hydrogen-bond acceptors (Lipinski definition) is 4. The van der Waals surface area contributed by atoms with Crippen molar-refractivity contribution in [1.82, 2.24) is 9.80 Å². The fraction of sp³-hybridized carbons (Fsp3) is 0.300. The van der Waals surface area contributed by atoms with Crippen molar-refractivity contribution < 1.29 is 27.6 Å². The number of likely N-dealkylation sites (tertiary alicyclic amines) is 1. The van der Waals surface area contributed by atoms with Crippen LogP contribution in [0, 0.1) is 11.8 Å². The number of Topliss-reactive ketones (excluding diaryl/α,β-unsaturated/α-hetero) is 2. The van der Waals surface area contributed by atoms with Gasteiger partial charge in [-0.2, -0.15) is 13.2 Å². The second-order valence-electron chi connectivity index (χ2n) is 9.80. The Balaban J connectivity index is 1.85. The molecular weight excluding hydrogens is 493 g/mol. The highest BCUT2D eigenvalue weighted by atomic mass is 19.4. The fourth-order valence-corrected chi connectivity index (χ4v) is 5.11. The number of carbonyl (C=O) groups excluding carboxylic acids is 3. The zero-order valence-electron chi connectivity index (χ0n) is 21.2. The Bertz CT molecular complexity index is 1230. The summed E-state index contributed by atoms with van der Waals surface area (Å²) in [4.78, 5) is 43.6. The average Bonchev–Trinajstić information content (AvgIpc) is 2.92. The number of benzene rings is 3. The number of nitrogens with zero attached hydrogens (tertiary/aromatic N) is 2. The van der Waals surface area contributed by atoms with Crippen molar-refractivity contribution in [2.24, 2.45) is 11.8 Å². The van der Waals surface area contributed by atoms with Crippen molar-refractivity contribution in [2.45, 2.75) is 12.1 Å². The molecule has 38 heavy (non-hydrogen) atoms. The average molecular weight is 523 g/mol. The van der Waals surface area contributed by atoms with Crippen molar-refractivity contribution in [3.63, 3.8) is 0 Å². The van der Waals surface area contributed by atoms with Crippen molar-refractivity contribution >= 4 is 17.5 Å². The molecule has 0 saturated carbocycles. The largest absolute Gasteiger partial charge is 0.416 e. The summed E-state index contributed by atoms with van der Waals surface area (Å²) >= 11 is 0. The third-order valence-corrected chi connectivity index (χ3v) is 7.02. The van der Waals surface area contributed by atoms with Crippen molar-refractivity contribution in [1.29, 1.82) is 0 Å². The van der Waals surface area contributed by atoms with Gasteiger partial charge in [-0.25, -0.2) is 0 Å². The van der Waals surface area contributed by atoms with Crippen molar-refractivity contribution in [3.05, 3.63) is 107 Å². The molecule has 0 aromatic heterocycles. The van der Waals surface area contributed by atoms with E-state index in [1.807, 2.05) is 0 Å². The van der Waals surface area contributed by atoms with E-state index in [2.05, 4.69) is 0 Å². The Kier molecular flexibility index (Phi) is 8.11. The first-order valence-corrected chi connectivity index (χ1v) is 12.3. The molecule has 0 spiro atoms. The van der Waals surface area contributed by atoms with Gasteiger partial charge in [-0.3, -0.25) is 19.3 Å². The number of halogens is 3. The highest BCUT2D eigenvalue weighted by molar-refractivity contribution is 6.02. The van der Waals surface area contributed by atoms with Gasteiger partial charge >= 0.3 is 6.18 Å². The lowest BCUT2D eigenvalue weighted by Gasteiger charge is -2.43. The van der Waals surface area contributed by atoms with Gasteiger partial charge in [0.2, 0.25) is 5.91 Å². The SMILES string of the molecule is CN(C)C(=O)CN1CC(C(=O)c2ccccc2)C(c2cccc(C(F)(F)F)c2)C(C(=O)c2ccccc2)C1. The second kappa shape index (κ2) is 11.3. The van der Waals surface area contributed by atoms with Crippen molar-refractivity contribution in [3.8, 4) is 0 Å². The van der Waals surface area contributed by atoms with Gasteiger partial charge in [0.05, 0.1) is 12.1 Å². The predicted molar refractivity (Wildman–Crippen MR) is 138 cm³/mol. The van der Waals surface area contributed by atoms with E-state index in [-0.39, 0.29) is 42.7 Å². The molecule has 1 aliphatic rings. The van der Waals surface area contributed by atoms with Gasteiger partial charge in [-0.1, -0.05) is 78.9 Å². The molecule has 0 aliphatic carbocycles. The molecule has 1 amide bonds. The zero-order valence-corrected chi connectivity index (χ0v) is 21.2. The normalized spacial score (nSPS) is 20.1. The van der Waals surface area contributed by atoms with E-state index in [1.54, 1.807) is 85.7 Å². The Morgan fingerprint density at radius 2 is 1.29 bits per heavy atom. The molecule has 1 saturated heterocycles. The molecule has 0 radical (unpaired) electrons. The Hall–Kier alpha value is -3.78. The van der Waals surface area contributed by atoms with E-state index in [1.165, 1.54) is 11.0 Å². The predicted octanol–water partition coefficient (Wildman–Crippen LogP) is 5.19. The number of amides is 1. The molecule has 0 N–H and O–H groups in total. The quantitative estimate of drug-likeness (QED) is 0.401. The molecule has 1 aliphatic heterocycles. The van der Waals surface area contributed by atoms with Crippen LogP contribution >= 0.6 is 0 Å². The van der Waals surface area contributed by atoms with E-state index in [9.17, 15) is 27.6 Å². The molecule has 1 heterocycles. The smallest absolute Gasteiger partial charge is 0.348 e. The van der Waals surface area contributed by atoms with E-state index in [0.29, 0.717) is 11.1 Å². The first-order valence-electron chi connectivity index (χ1n) is 12.3. The van der Waals surface area contributed by atoms with Crippen molar-refractivity contribution in [2.75, 3.05) is 33.7 Å². The summed E-state index contributed by atoms with van der Waals surface area (Å²) in [5.74, 6) is -3.26. The molecule has 2 atom stereocenters. The summed E-state index contributed by atoms with van der Waals surface area (Å²) in [5, 5.41) is 0. The maximum absolute atomic E-state index is 13.9. The van der Waals surface area contributed by atoms with Gasteiger partial charge in [0, 0.05) is 56.1 Å². The van der Waals surface area contributed by atoms with Crippen LogP contribution in [0.3, 0.4) is 0 Å². The van der Waals surface area contributed by atoms with Gasteiger partial charge in [0.25, 0.3) is 0 Å². The minimum atomic E-state index is -4.58. The number of hydrogen-bond donors (Lipinski definition) is 0. The zero-order chi connectivity index (χ0) is 27.4. The summed E-state index contributed by atoms with van der Waals surface area (Å²) < 4.78 is 41.0. The molecular formula is C30H29F3N2O3. The highest BCUT2D eigenvalue weighted by Crippen LogP contribution is 2.42. The molecule has 2 unspecified atom stereocenters. The molecule has 3 aromatic carbocycles. The number of alkyl halides is 3. The number of carbonyl (C=O) groups is 3. The Labute approximate surface area is 219 Å². The maximum Gasteiger partial charge on any atom is 0.416 e. The first kappa shape index (κ1) is 27.3. The van der Waals surface area contributed by atoms with E-state index < -0.39 is 29.5 Å². The van der Waals surface area contributed by atoms with Crippen LogP contribution in [-0.2, 0) is 11.0 Å². The Morgan fingerprint density at radius 1 is 0.789 bits per heavy atom. The highest BCUT2D eigenvalue weighted by Gasteiger charge is 2.45. The van der Waals surface area contributed by atoms with Crippen LogP contribution in [0.15, 0.2) is 84.9 Å². The van der Waals surface area contributed by atoms with Crippen LogP contribution in [-0.4, -0.2) is 61.0 Å². The molecule has 8 heteroatoms. The summed E-state index contributed by atoms with van der Waals surface area (Å²) in [6.45, 7) is 0.249. The summed E-state index contributed by atoms with van der Waals surface area (Å²) in [6.07, 6.45) is -4.58. The van der Waals surface area contributed by atoms with Gasteiger partial charge < -0.3 is 4.90 Å². The second-order valence-corrected chi connectivity index (χ2v) is 9.80. The lowest BCUT2D eigenvalue weighted by molar-refractivity contribution is -0.137. The number of ketones is 2. The monoisotopic (exact) mass is 522 g/mol. The first-order chi connectivity index (χ1) is 18.1. The molecule has 5 nitrogen and oxygen atoms in total. The lowest BCUT2D eigenvalue weighted by atomic mass is 9.68. The van der Waals surface area contributed by atoms with Crippen LogP contribution in [0.4, 0.5) is 13.2 Å². The van der Waals surface area contributed by atoms with Crippen LogP contribution in [0.2, 0.25) is 0 Å². The van der Waals surface area contributed by atoms with Crippen LogP contribution in [0.25, 0.3) is 0 Å². The summed E-state index contributed by atoms with van der Waals surface area (Å²) in [5.41, 5.74) is 0.251. The third-order valence-electron chi connectivity index (χ3n) is 7.02. The minimum Gasteiger partial charge on any atom is -0.348 e. The van der Waals surface area contributed by atoms with E-state index in [0.717, 1.165) is 12.1 Å². The van der Waals surface area contributed by atoms with E-state index in [4.69, 9.17) is 0 Å². The number of rotatable bonds is 7. The molecule has 0 bridgehead atoms. The van der Waals surface area contributed by atoms with Crippen LogP contribution in [0.5, 0.6) is 0 Å².